The molecule has 3 aliphatic rings. The van der Waals surface area contributed by atoms with Crippen LogP contribution in [0.3, 0.4) is 0 Å². The molecule has 0 aliphatic carbocycles. The van der Waals surface area contributed by atoms with Gasteiger partial charge in [0.25, 0.3) is 0 Å². The van der Waals surface area contributed by atoms with E-state index in [1.165, 1.54) is 4.88 Å². The summed E-state index contributed by atoms with van der Waals surface area (Å²) in [6, 6.07) is 2.22. The topological polar surface area (TPSA) is 78.4 Å². The van der Waals surface area contributed by atoms with Crippen LogP contribution in [0.1, 0.15) is 25.1 Å². The lowest BCUT2D eigenvalue weighted by molar-refractivity contribution is -0.139. The molecule has 0 bridgehead atoms. The Hall–Kier alpha value is -2.22. The van der Waals surface area contributed by atoms with Crippen molar-refractivity contribution in [2.75, 3.05) is 37.6 Å². The Kier molecular flexibility index (Phi) is 4.08. The molecule has 0 spiro atoms. The van der Waals surface area contributed by atoms with Crippen LogP contribution in [-0.2, 0) is 16.0 Å². The Bertz CT molecular complexity index is 959. The minimum atomic E-state index is -0.488. The standard InChI is InChI=1S/C20H25N5O2S/c1-3-13-6-15-16(22-11-23-18(15)28-13)24-7-12-8-25(10-20(12,2)9-24)19(27)14-4-5-21-17(14)26/h6,11-12,14H,3-5,7-10H2,1-2H3,(H,21,26)/t12-,14?,20+/m0/s1. The van der Waals surface area contributed by atoms with Gasteiger partial charge in [-0.05, 0) is 18.9 Å². The van der Waals surface area contributed by atoms with Gasteiger partial charge < -0.3 is 15.1 Å². The number of carbonyl (C=O) groups excluding carboxylic acids is 2. The summed E-state index contributed by atoms with van der Waals surface area (Å²) < 4.78 is 0. The van der Waals surface area contributed by atoms with Crippen molar-refractivity contribution in [1.82, 2.24) is 20.2 Å². The Morgan fingerprint density at radius 1 is 1.36 bits per heavy atom. The Balaban J connectivity index is 1.35. The van der Waals surface area contributed by atoms with Gasteiger partial charge in [0.15, 0.2) is 0 Å². The highest BCUT2D eigenvalue weighted by atomic mass is 32.1. The number of hydrogen-bond donors (Lipinski definition) is 1. The molecule has 0 aromatic carbocycles. The van der Waals surface area contributed by atoms with Gasteiger partial charge >= 0.3 is 0 Å². The molecular formula is C20H25N5O2S. The average Bonchev–Trinajstić information content (AvgIpc) is 3.41. The number of likely N-dealkylation sites (tertiary alicyclic amines) is 1. The molecule has 3 atom stereocenters. The highest BCUT2D eigenvalue weighted by Crippen LogP contribution is 2.45. The number of nitrogens with one attached hydrogen (secondary N) is 1. The molecule has 0 radical (unpaired) electrons. The number of hydrogen-bond acceptors (Lipinski definition) is 6. The highest BCUT2D eigenvalue weighted by Gasteiger charge is 2.52. The first kappa shape index (κ1) is 17.8. The predicted octanol–water partition coefficient (Wildman–Crippen LogP) is 1.67. The fourth-order valence-corrected chi connectivity index (χ4v) is 5.97. The summed E-state index contributed by atoms with van der Waals surface area (Å²) in [5.74, 6) is 0.826. The van der Waals surface area contributed by atoms with E-state index < -0.39 is 5.92 Å². The van der Waals surface area contributed by atoms with Gasteiger partial charge in [-0.2, -0.15) is 0 Å². The number of rotatable bonds is 3. The van der Waals surface area contributed by atoms with Crippen molar-refractivity contribution in [2.45, 2.75) is 26.7 Å². The molecule has 28 heavy (non-hydrogen) atoms. The summed E-state index contributed by atoms with van der Waals surface area (Å²) in [6.07, 6.45) is 3.30. The van der Waals surface area contributed by atoms with Crippen molar-refractivity contribution >= 4 is 39.2 Å². The lowest BCUT2D eigenvalue weighted by atomic mass is 9.83. The molecule has 1 N–H and O–H groups in total. The van der Waals surface area contributed by atoms with E-state index in [2.05, 4.69) is 40.1 Å². The largest absolute Gasteiger partial charge is 0.355 e. The van der Waals surface area contributed by atoms with E-state index >= 15 is 0 Å². The second kappa shape index (κ2) is 6.40. The first-order valence-electron chi connectivity index (χ1n) is 10.0. The normalized spacial score (nSPS) is 29.6. The minimum absolute atomic E-state index is 0.00650. The molecule has 3 aliphatic heterocycles. The minimum Gasteiger partial charge on any atom is -0.355 e. The van der Waals surface area contributed by atoms with Crippen molar-refractivity contribution < 1.29 is 9.59 Å². The number of aromatic nitrogens is 2. The first-order valence-corrected chi connectivity index (χ1v) is 10.8. The van der Waals surface area contributed by atoms with E-state index in [9.17, 15) is 9.59 Å². The zero-order valence-corrected chi connectivity index (χ0v) is 17.1. The number of thiophene rings is 1. The van der Waals surface area contributed by atoms with E-state index in [-0.39, 0.29) is 17.2 Å². The lowest BCUT2D eigenvalue weighted by Gasteiger charge is -2.27. The average molecular weight is 400 g/mol. The molecule has 1 unspecified atom stereocenters. The van der Waals surface area contributed by atoms with Crippen LogP contribution in [0, 0.1) is 17.3 Å². The zero-order valence-electron chi connectivity index (χ0n) is 16.3. The van der Waals surface area contributed by atoms with Crippen molar-refractivity contribution in [2.24, 2.45) is 17.3 Å². The van der Waals surface area contributed by atoms with E-state index in [0.29, 0.717) is 18.9 Å². The Morgan fingerprint density at radius 2 is 2.21 bits per heavy atom. The van der Waals surface area contributed by atoms with Crippen LogP contribution < -0.4 is 10.2 Å². The molecule has 3 fully saturated rings. The molecule has 148 valence electrons. The van der Waals surface area contributed by atoms with Gasteiger partial charge in [0.2, 0.25) is 11.8 Å². The van der Waals surface area contributed by atoms with Crippen molar-refractivity contribution in [3.63, 3.8) is 0 Å². The monoisotopic (exact) mass is 399 g/mol. The molecule has 7 nitrogen and oxygen atoms in total. The van der Waals surface area contributed by atoms with Crippen molar-refractivity contribution in [1.29, 1.82) is 0 Å². The van der Waals surface area contributed by atoms with E-state index in [0.717, 1.165) is 48.6 Å². The summed E-state index contributed by atoms with van der Waals surface area (Å²) in [4.78, 5) is 40.5. The van der Waals surface area contributed by atoms with Crippen LogP contribution in [0.25, 0.3) is 10.2 Å². The third-order valence-corrected chi connectivity index (χ3v) is 7.82. The quantitative estimate of drug-likeness (QED) is 0.795. The number of carbonyl (C=O) groups is 2. The summed E-state index contributed by atoms with van der Waals surface area (Å²) in [5.41, 5.74) is 0.0334. The van der Waals surface area contributed by atoms with Crippen LogP contribution in [0.2, 0.25) is 0 Å². The predicted molar refractivity (Wildman–Crippen MR) is 108 cm³/mol. The second-order valence-electron chi connectivity index (χ2n) is 8.56. The number of fused-ring (bicyclic) bond motifs is 2. The molecule has 0 saturated carbocycles. The van der Waals surface area contributed by atoms with Gasteiger partial charge in [-0.25, -0.2) is 9.97 Å². The SMILES string of the molecule is CCc1cc2c(N3C[C@H]4CN(C(=O)C5CCNC5=O)C[C@@]4(C)C3)ncnc2s1. The second-order valence-corrected chi connectivity index (χ2v) is 9.68. The number of aryl methyl sites for hydroxylation is 1. The van der Waals surface area contributed by atoms with Gasteiger partial charge in [0.1, 0.15) is 22.9 Å². The van der Waals surface area contributed by atoms with E-state index in [1.54, 1.807) is 17.7 Å². The Morgan fingerprint density at radius 3 is 2.93 bits per heavy atom. The zero-order chi connectivity index (χ0) is 19.5. The highest BCUT2D eigenvalue weighted by molar-refractivity contribution is 7.18. The number of amides is 2. The smallest absolute Gasteiger partial charge is 0.235 e. The maximum absolute atomic E-state index is 12.8. The number of anilines is 1. The summed E-state index contributed by atoms with van der Waals surface area (Å²) in [5, 5.41) is 3.92. The van der Waals surface area contributed by atoms with Gasteiger partial charge in [-0.3, -0.25) is 9.59 Å². The van der Waals surface area contributed by atoms with Crippen molar-refractivity contribution in [3.05, 3.63) is 17.3 Å². The Labute approximate surface area is 168 Å². The van der Waals surface area contributed by atoms with Crippen LogP contribution in [0.15, 0.2) is 12.4 Å². The maximum atomic E-state index is 12.8. The fourth-order valence-electron chi connectivity index (χ4n) is 5.04. The van der Waals surface area contributed by atoms with Crippen molar-refractivity contribution in [3.8, 4) is 0 Å². The molecule has 2 amide bonds. The van der Waals surface area contributed by atoms with E-state index in [4.69, 9.17) is 0 Å². The molecule has 2 aromatic heterocycles. The summed E-state index contributed by atoms with van der Waals surface area (Å²) in [7, 11) is 0. The molecule has 3 saturated heterocycles. The first-order chi connectivity index (χ1) is 13.5. The third-order valence-electron chi connectivity index (χ3n) is 6.64. The van der Waals surface area contributed by atoms with Gasteiger partial charge in [0.05, 0.1) is 5.39 Å². The molecule has 5 rings (SSSR count). The molecular weight excluding hydrogens is 374 g/mol. The summed E-state index contributed by atoms with van der Waals surface area (Å²) >= 11 is 1.74. The molecule has 5 heterocycles. The van der Waals surface area contributed by atoms with Crippen LogP contribution >= 0.6 is 11.3 Å². The number of nitrogens with zero attached hydrogens (tertiary/aromatic N) is 4. The maximum Gasteiger partial charge on any atom is 0.235 e. The van der Waals surface area contributed by atoms with Gasteiger partial charge in [-0.15, -0.1) is 11.3 Å². The van der Waals surface area contributed by atoms with Crippen LogP contribution in [0.5, 0.6) is 0 Å². The fraction of sp³-hybridized carbons (Fsp3) is 0.600. The lowest BCUT2D eigenvalue weighted by Crippen LogP contribution is -2.41. The van der Waals surface area contributed by atoms with Gasteiger partial charge in [-0.1, -0.05) is 13.8 Å². The third kappa shape index (κ3) is 2.69. The van der Waals surface area contributed by atoms with Crippen LogP contribution in [0.4, 0.5) is 5.82 Å². The summed E-state index contributed by atoms with van der Waals surface area (Å²) in [6.45, 7) is 8.25. The molecule has 2 aromatic rings. The van der Waals surface area contributed by atoms with E-state index in [1.807, 2.05) is 4.90 Å². The van der Waals surface area contributed by atoms with Gasteiger partial charge in [0, 0.05) is 48.9 Å². The molecule has 8 heteroatoms. The van der Waals surface area contributed by atoms with Crippen LogP contribution in [-0.4, -0.2) is 59.4 Å².